The maximum absolute atomic E-state index is 11.2. The van der Waals surface area contributed by atoms with Crippen LogP contribution in [0.4, 0.5) is 0 Å². The van der Waals surface area contributed by atoms with Gasteiger partial charge in [0.1, 0.15) is 0 Å². The Labute approximate surface area is 126 Å². The topological polar surface area (TPSA) is 53.1 Å². The van der Waals surface area contributed by atoms with Crippen LogP contribution in [0.5, 0.6) is 0 Å². The molecule has 1 aromatic heterocycles. The molecule has 22 heavy (non-hydrogen) atoms. The van der Waals surface area contributed by atoms with E-state index in [1.54, 1.807) is 18.2 Å². The third kappa shape index (κ3) is 1.87. The van der Waals surface area contributed by atoms with Crippen molar-refractivity contribution in [3.63, 3.8) is 0 Å². The minimum Gasteiger partial charge on any atom is -0.478 e. The molecule has 3 nitrogen and oxygen atoms in total. The summed E-state index contributed by atoms with van der Waals surface area (Å²) < 4.78 is 0. The largest absolute Gasteiger partial charge is 0.478 e. The van der Waals surface area contributed by atoms with E-state index in [1.165, 1.54) is 5.39 Å². The second kappa shape index (κ2) is 4.74. The molecule has 0 aliphatic heterocycles. The number of rotatable bonds is 2. The summed E-state index contributed by atoms with van der Waals surface area (Å²) in [6.07, 6.45) is 0. The zero-order valence-corrected chi connectivity index (χ0v) is 11.7. The van der Waals surface area contributed by atoms with Gasteiger partial charge in [0.2, 0.25) is 0 Å². The average Bonchev–Trinajstić information content (AvgIpc) is 2.93. The first-order valence-electron chi connectivity index (χ1n) is 7.07. The van der Waals surface area contributed by atoms with E-state index < -0.39 is 5.97 Å². The molecule has 0 unspecified atom stereocenters. The van der Waals surface area contributed by atoms with Crippen LogP contribution >= 0.6 is 0 Å². The number of aromatic amines is 1. The number of aromatic nitrogens is 1. The van der Waals surface area contributed by atoms with Gasteiger partial charge in [-0.1, -0.05) is 48.5 Å². The number of carboxylic acids is 1. The fourth-order valence-corrected chi connectivity index (χ4v) is 2.93. The lowest BCUT2D eigenvalue weighted by atomic mass is 10.0. The lowest BCUT2D eigenvalue weighted by Crippen LogP contribution is -1.95. The van der Waals surface area contributed by atoms with E-state index in [-0.39, 0.29) is 0 Å². The summed E-state index contributed by atoms with van der Waals surface area (Å²) in [5.74, 6) is -0.911. The van der Waals surface area contributed by atoms with Gasteiger partial charge in [-0.25, -0.2) is 4.79 Å². The number of para-hydroxylation sites is 2. The zero-order chi connectivity index (χ0) is 15.1. The molecule has 4 aromatic rings. The molecule has 3 heteroatoms. The average molecular weight is 287 g/mol. The Morgan fingerprint density at radius 1 is 0.864 bits per heavy atom. The second-order valence-corrected chi connectivity index (χ2v) is 5.28. The molecule has 0 atom stereocenters. The van der Waals surface area contributed by atoms with Crippen molar-refractivity contribution in [1.29, 1.82) is 0 Å². The molecule has 0 saturated heterocycles. The third-order valence-corrected chi connectivity index (χ3v) is 3.96. The van der Waals surface area contributed by atoms with Crippen LogP contribution in [0.3, 0.4) is 0 Å². The molecule has 0 aliphatic rings. The van der Waals surface area contributed by atoms with Crippen molar-refractivity contribution >= 4 is 27.8 Å². The third-order valence-electron chi connectivity index (χ3n) is 3.96. The summed E-state index contributed by atoms with van der Waals surface area (Å²) in [6.45, 7) is 0. The summed E-state index contributed by atoms with van der Waals surface area (Å²) >= 11 is 0. The minimum absolute atomic E-state index is 0.297. The standard InChI is InChI=1S/C19H13NO2/c21-19(22)13-6-3-5-12(11-13)14-8-4-9-16-15-7-1-2-10-17(15)20-18(14)16/h1-11,20H,(H,21,22). The molecule has 0 saturated carbocycles. The highest BCUT2D eigenvalue weighted by molar-refractivity contribution is 6.11. The van der Waals surface area contributed by atoms with Crippen molar-refractivity contribution in [2.45, 2.75) is 0 Å². The number of H-pyrrole nitrogens is 1. The molecule has 0 bridgehead atoms. The van der Waals surface area contributed by atoms with Gasteiger partial charge in [0.15, 0.2) is 0 Å². The van der Waals surface area contributed by atoms with Gasteiger partial charge >= 0.3 is 5.97 Å². The smallest absolute Gasteiger partial charge is 0.335 e. The lowest BCUT2D eigenvalue weighted by molar-refractivity contribution is 0.0697. The zero-order valence-electron chi connectivity index (χ0n) is 11.7. The van der Waals surface area contributed by atoms with Gasteiger partial charge in [0.05, 0.1) is 11.1 Å². The molecule has 106 valence electrons. The molecule has 0 fully saturated rings. The fraction of sp³-hybridized carbons (Fsp3) is 0. The van der Waals surface area contributed by atoms with E-state index >= 15 is 0 Å². The Morgan fingerprint density at radius 2 is 1.64 bits per heavy atom. The highest BCUT2D eigenvalue weighted by Gasteiger charge is 2.10. The van der Waals surface area contributed by atoms with Gasteiger partial charge < -0.3 is 10.1 Å². The Bertz CT molecular complexity index is 1010. The summed E-state index contributed by atoms with van der Waals surface area (Å²) in [4.78, 5) is 14.6. The van der Waals surface area contributed by atoms with Crippen molar-refractivity contribution in [1.82, 2.24) is 4.98 Å². The normalized spacial score (nSPS) is 11.1. The van der Waals surface area contributed by atoms with Crippen LogP contribution in [-0.2, 0) is 0 Å². The van der Waals surface area contributed by atoms with E-state index in [0.29, 0.717) is 5.56 Å². The number of carbonyl (C=O) groups is 1. The molecule has 0 aliphatic carbocycles. The van der Waals surface area contributed by atoms with Gasteiger partial charge in [-0.05, 0) is 23.8 Å². The predicted octanol–water partition coefficient (Wildman–Crippen LogP) is 4.69. The Kier molecular flexibility index (Phi) is 2.73. The maximum Gasteiger partial charge on any atom is 0.335 e. The van der Waals surface area contributed by atoms with Crippen molar-refractivity contribution < 1.29 is 9.90 Å². The van der Waals surface area contributed by atoms with Crippen LogP contribution in [-0.4, -0.2) is 16.1 Å². The number of hydrogen-bond acceptors (Lipinski definition) is 1. The van der Waals surface area contributed by atoms with Crippen molar-refractivity contribution in [2.24, 2.45) is 0 Å². The first kappa shape index (κ1) is 12.7. The van der Waals surface area contributed by atoms with Gasteiger partial charge in [-0.2, -0.15) is 0 Å². The summed E-state index contributed by atoms with van der Waals surface area (Å²) in [7, 11) is 0. The molecule has 0 spiro atoms. The first-order valence-corrected chi connectivity index (χ1v) is 7.07. The molecule has 0 radical (unpaired) electrons. The Morgan fingerprint density at radius 3 is 2.50 bits per heavy atom. The highest BCUT2D eigenvalue weighted by atomic mass is 16.4. The van der Waals surface area contributed by atoms with E-state index in [2.05, 4.69) is 17.1 Å². The van der Waals surface area contributed by atoms with Gasteiger partial charge in [-0.3, -0.25) is 0 Å². The van der Waals surface area contributed by atoms with Crippen molar-refractivity contribution in [3.05, 3.63) is 72.3 Å². The van der Waals surface area contributed by atoms with Crippen LogP contribution in [0.1, 0.15) is 10.4 Å². The Balaban J connectivity index is 2.03. The monoisotopic (exact) mass is 287 g/mol. The molecule has 2 N–H and O–H groups in total. The predicted molar refractivity (Wildman–Crippen MR) is 88.2 cm³/mol. The first-order chi connectivity index (χ1) is 10.7. The van der Waals surface area contributed by atoms with E-state index in [4.69, 9.17) is 0 Å². The van der Waals surface area contributed by atoms with Crippen LogP contribution in [0.25, 0.3) is 32.9 Å². The van der Waals surface area contributed by atoms with E-state index in [9.17, 15) is 9.90 Å². The van der Waals surface area contributed by atoms with Crippen LogP contribution in [0, 0.1) is 0 Å². The lowest BCUT2D eigenvalue weighted by Gasteiger charge is -2.05. The van der Waals surface area contributed by atoms with Crippen molar-refractivity contribution in [3.8, 4) is 11.1 Å². The second-order valence-electron chi connectivity index (χ2n) is 5.28. The molecule has 3 aromatic carbocycles. The number of benzene rings is 3. The van der Waals surface area contributed by atoms with Gasteiger partial charge in [-0.15, -0.1) is 0 Å². The van der Waals surface area contributed by atoms with Gasteiger partial charge in [0, 0.05) is 21.9 Å². The maximum atomic E-state index is 11.2. The van der Waals surface area contributed by atoms with Crippen LogP contribution in [0.2, 0.25) is 0 Å². The number of fused-ring (bicyclic) bond motifs is 3. The summed E-state index contributed by atoms with van der Waals surface area (Å²) in [5.41, 5.74) is 4.32. The van der Waals surface area contributed by atoms with E-state index in [0.717, 1.165) is 27.5 Å². The SMILES string of the molecule is O=C(O)c1cccc(-c2cccc3c2[nH]c2ccccc23)c1. The molecular formula is C19H13NO2. The fourth-order valence-electron chi connectivity index (χ4n) is 2.93. The molecular weight excluding hydrogens is 274 g/mol. The minimum atomic E-state index is -0.911. The molecule has 1 heterocycles. The number of hydrogen-bond donors (Lipinski definition) is 2. The summed E-state index contributed by atoms with van der Waals surface area (Å²) in [6, 6.07) is 21.3. The number of aromatic carboxylic acids is 1. The highest BCUT2D eigenvalue weighted by Crippen LogP contribution is 2.33. The summed E-state index contributed by atoms with van der Waals surface area (Å²) in [5, 5.41) is 11.5. The number of carboxylic acid groups (broad SMARTS) is 1. The van der Waals surface area contributed by atoms with Crippen LogP contribution < -0.4 is 0 Å². The molecule has 4 rings (SSSR count). The number of nitrogens with one attached hydrogen (secondary N) is 1. The molecule has 0 amide bonds. The van der Waals surface area contributed by atoms with Crippen molar-refractivity contribution in [2.75, 3.05) is 0 Å². The Hall–Kier alpha value is -3.07. The van der Waals surface area contributed by atoms with Gasteiger partial charge in [0.25, 0.3) is 0 Å². The van der Waals surface area contributed by atoms with E-state index in [1.807, 2.05) is 36.4 Å². The quantitative estimate of drug-likeness (QED) is 0.562. The van der Waals surface area contributed by atoms with Crippen LogP contribution in [0.15, 0.2) is 66.7 Å².